The quantitative estimate of drug-likeness (QED) is 0.289. The van der Waals surface area contributed by atoms with Crippen LogP contribution in [0, 0.1) is 0 Å². The summed E-state index contributed by atoms with van der Waals surface area (Å²) in [5, 5.41) is 10.4. The number of carbonyl (C=O) groups is 1. The van der Waals surface area contributed by atoms with Gasteiger partial charge in [0.05, 0.1) is 11.7 Å². The molecule has 0 unspecified atom stereocenters. The molecule has 0 radical (unpaired) electrons. The largest absolute Gasteiger partial charge is 1.00 e. The van der Waals surface area contributed by atoms with Gasteiger partial charge in [-0.25, -0.2) is 0 Å². The molecule has 0 aromatic heterocycles. The van der Waals surface area contributed by atoms with Crippen molar-refractivity contribution in [3.8, 4) is 0 Å². The molecule has 19 heavy (non-hydrogen) atoms. The van der Waals surface area contributed by atoms with Gasteiger partial charge in [0.15, 0.2) is 0 Å². The van der Waals surface area contributed by atoms with E-state index in [4.69, 9.17) is 0 Å². The van der Waals surface area contributed by atoms with Crippen LogP contribution in [0.2, 0.25) is 0 Å². The summed E-state index contributed by atoms with van der Waals surface area (Å²) in [6, 6.07) is 0. The maximum absolute atomic E-state index is 10.4. The van der Waals surface area contributed by atoms with Crippen LogP contribution in [0.1, 0.15) is 78.1 Å². The Morgan fingerprint density at radius 3 is 1.74 bits per heavy atom. The van der Waals surface area contributed by atoms with Crippen molar-refractivity contribution in [2.75, 3.05) is 6.54 Å². The number of nitrogens with zero attached hydrogens (tertiary/aromatic N) is 1. The first-order valence-electron chi connectivity index (χ1n) is 7.41. The van der Waals surface area contributed by atoms with Gasteiger partial charge in [-0.1, -0.05) is 64.7 Å². The van der Waals surface area contributed by atoms with Crippen LogP contribution in [0.25, 0.3) is 0 Å². The Bertz CT molecular complexity index is 242. The molecule has 0 fully saturated rings. The first kappa shape index (κ1) is 21.4. The maximum atomic E-state index is 10.4. The molecule has 0 aromatic rings. The second-order valence-electron chi connectivity index (χ2n) is 4.94. The fourth-order valence-corrected chi connectivity index (χ4v) is 1.91. The predicted molar refractivity (Wildman–Crippen MR) is 74.8 cm³/mol. The van der Waals surface area contributed by atoms with E-state index in [-0.39, 0.29) is 35.3 Å². The number of unbranched alkanes of at least 4 members (excludes halogenated alkanes) is 9. The second-order valence-corrected chi connectivity index (χ2v) is 4.94. The van der Waals surface area contributed by atoms with Crippen molar-refractivity contribution in [3.05, 3.63) is 0 Å². The monoisotopic (exact) mass is 277 g/mol. The van der Waals surface area contributed by atoms with E-state index < -0.39 is 5.97 Å². The van der Waals surface area contributed by atoms with Gasteiger partial charge in [-0.3, -0.25) is 4.99 Å². The molecule has 0 N–H and O–H groups in total. The molecule has 0 heterocycles. The Labute approximate surface area is 140 Å². The van der Waals surface area contributed by atoms with Crippen LogP contribution in [0.3, 0.4) is 0 Å². The molecule has 0 rings (SSSR count). The summed E-state index contributed by atoms with van der Waals surface area (Å²) in [6.07, 6.45) is 12.8. The molecule has 3 nitrogen and oxygen atoms in total. The van der Waals surface area contributed by atoms with Crippen LogP contribution in [-0.4, -0.2) is 18.2 Å². The standard InChI is InChI=1S/C15H29NO2.Na/c1-3-4-5-6-7-8-9-10-11-12-13-16-14(2)15(17)18;/h3-13H2,1-2H3,(H,17,18);/q;+1/p-1. The number of hydrogen-bond donors (Lipinski definition) is 0. The molecule has 0 bridgehead atoms. The number of rotatable bonds is 12. The number of carboxylic acid groups (broad SMARTS) is 1. The first-order valence-corrected chi connectivity index (χ1v) is 7.41. The van der Waals surface area contributed by atoms with Crippen molar-refractivity contribution in [2.24, 2.45) is 4.99 Å². The van der Waals surface area contributed by atoms with Crippen molar-refractivity contribution in [2.45, 2.75) is 78.1 Å². The maximum Gasteiger partial charge on any atom is 1.00 e. The number of hydrogen-bond acceptors (Lipinski definition) is 3. The van der Waals surface area contributed by atoms with Crippen molar-refractivity contribution in [1.29, 1.82) is 0 Å². The van der Waals surface area contributed by atoms with E-state index in [1.807, 2.05) is 0 Å². The second kappa shape index (κ2) is 16.2. The van der Waals surface area contributed by atoms with Crippen LogP contribution in [0.15, 0.2) is 4.99 Å². The van der Waals surface area contributed by atoms with Crippen LogP contribution in [-0.2, 0) is 4.79 Å². The van der Waals surface area contributed by atoms with Crippen molar-refractivity contribution in [3.63, 3.8) is 0 Å². The van der Waals surface area contributed by atoms with E-state index in [9.17, 15) is 9.90 Å². The van der Waals surface area contributed by atoms with Gasteiger partial charge in [0.1, 0.15) is 0 Å². The number of carbonyl (C=O) groups excluding carboxylic acids is 1. The minimum Gasteiger partial charge on any atom is -0.544 e. The number of aliphatic imine (C=N–C) groups is 1. The topological polar surface area (TPSA) is 52.5 Å². The Balaban J connectivity index is 0. The number of carboxylic acids is 1. The van der Waals surface area contributed by atoms with Crippen molar-refractivity contribution >= 4 is 11.7 Å². The summed E-state index contributed by atoms with van der Waals surface area (Å²) in [5.74, 6) is -1.15. The Hall–Kier alpha value is 0.140. The minimum atomic E-state index is -1.15. The van der Waals surface area contributed by atoms with E-state index in [0.717, 1.165) is 12.8 Å². The third-order valence-corrected chi connectivity index (χ3v) is 3.16. The Morgan fingerprint density at radius 2 is 1.32 bits per heavy atom. The van der Waals surface area contributed by atoms with Gasteiger partial charge in [-0.15, -0.1) is 0 Å². The molecular formula is C15H28NNaO2. The van der Waals surface area contributed by atoms with Crippen LogP contribution < -0.4 is 34.7 Å². The van der Waals surface area contributed by atoms with Gasteiger partial charge in [-0.05, 0) is 13.3 Å². The predicted octanol–water partition coefficient (Wildman–Crippen LogP) is 0.122. The third-order valence-electron chi connectivity index (χ3n) is 3.16. The Morgan fingerprint density at radius 1 is 0.895 bits per heavy atom. The van der Waals surface area contributed by atoms with Gasteiger partial charge in [0, 0.05) is 6.54 Å². The Kier molecular flexibility index (Phi) is 18.3. The van der Waals surface area contributed by atoms with Gasteiger partial charge < -0.3 is 9.90 Å². The summed E-state index contributed by atoms with van der Waals surface area (Å²) in [4.78, 5) is 14.3. The zero-order valence-electron chi connectivity index (χ0n) is 13.0. The van der Waals surface area contributed by atoms with Gasteiger partial charge in [0.25, 0.3) is 0 Å². The molecule has 0 aliphatic rings. The molecular weight excluding hydrogens is 249 g/mol. The normalized spacial score (nSPS) is 11.2. The van der Waals surface area contributed by atoms with Gasteiger partial charge >= 0.3 is 29.6 Å². The molecule has 0 amide bonds. The average molecular weight is 277 g/mol. The van der Waals surface area contributed by atoms with Gasteiger partial charge in [-0.2, -0.15) is 0 Å². The summed E-state index contributed by atoms with van der Waals surface area (Å²) in [6.45, 7) is 4.35. The van der Waals surface area contributed by atoms with E-state index in [2.05, 4.69) is 11.9 Å². The number of aliphatic carboxylic acids is 1. The SMILES string of the molecule is CCCCCCCCCCCCN=C(C)C(=O)[O-].[Na+]. The van der Waals surface area contributed by atoms with Gasteiger partial charge in [0.2, 0.25) is 0 Å². The summed E-state index contributed by atoms with van der Waals surface area (Å²) in [5.41, 5.74) is 0.117. The zero-order chi connectivity index (χ0) is 13.6. The zero-order valence-corrected chi connectivity index (χ0v) is 15.0. The van der Waals surface area contributed by atoms with Crippen molar-refractivity contribution in [1.82, 2.24) is 0 Å². The molecule has 0 aliphatic carbocycles. The van der Waals surface area contributed by atoms with E-state index in [1.54, 1.807) is 0 Å². The van der Waals surface area contributed by atoms with Crippen LogP contribution >= 0.6 is 0 Å². The average Bonchev–Trinajstić information content (AvgIpc) is 2.35. The molecule has 0 aliphatic heterocycles. The summed E-state index contributed by atoms with van der Waals surface area (Å²) >= 11 is 0. The summed E-state index contributed by atoms with van der Waals surface area (Å²) in [7, 11) is 0. The molecule has 0 spiro atoms. The summed E-state index contributed by atoms with van der Waals surface area (Å²) < 4.78 is 0. The first-order chi connectivity index (χ1) is 8.68. The van der Waals surface area contributed by atoms with Crippen LogP contribution in [0.4, 0.5) is 0 Å². The van der Waals surface area contributed by atoms with E-state index >= 15 is 0 Å². The molecule has 0 saturated carbocycles. The smallest absolute Gasteiger partial charge is 0.544 e. The fraction of sp³-hybridized carbons (Fsp3) is 0.867. The van der Waals surface area contributed by atoms with Crippen LogP contribution in [0.5, 0.6) is 0 Å². The minimum absolute atomic E-state index is 0. The van der Waals surface area contributed by atoms with Crippen molar-refractivity contribution < 1.29 is 39.5 Å². The van der Waals surface area contributed by atoms with E-state index in [1.165, 1.54) is 58.3 Å². The molecule has 0 atom stereocenters. The fourth-order valence-electron chi connectivity index (χ4n) is 1.91. The van der Waals surface area contributed by atoms with E-state index in [0.29, 0.717) is 6.54 Å². The third kappa shape index (κ3) is 16.1. The molecule has 4 heteroatoms. The molecule has 0 saturated heterocycles. The molecule has 106 valence electrons. The molecule has 0 aromatic carbocycles.